The molecule has 1 fully saturated rings. The molecule has 3 amide bonds. The topological polar surface area (TPSA) is 78.5 Å². The summed E-state index contributed by atoms with van der Waals surface area (Å²) in [6.45, 7) is 0. The average Bonchev–Trinajstić information content (AvgIpc) is 3.33. The summed E-state index contributed by atoms with van der Waals surface area (Å²) in [6.07, 6.45) is 4.28. The minimum absolute atomic E-state index is 0.0547. The fraction of sp³-hybridized carbons (Fsp3) is 0.227. The highest BCUT2D eigenvalue weighted by molar-refractivity contribution is 6.53. The van der Waals surface area contributed by atoms with Crippen molar-refractivity contribution in [2.45, 2.75) is 31.7 Å². The number of carbonyl (C=O) groups is 3. The summed E-state index contributed by atoms with van der Waals surface area (Å²) in [4.78, 5) is 38.7. The van der Waals surface area contributed by atoms with E-state index in [4.69, 9.17) is 34.8 Å². The van der Waals surface area contributed by atoms with Gasteiger partial charge in [-0.05, 0) is 55.3 Å². The molecule has 2 N–H and O–H groups in total. The van der Waals surface area contributed by atoms with E-state index in [1.54, 1.807) is 24.3 Å². The first-order chi connectivity index (χ1) is 14.8. The molecule has 4 rings (SSSR count). The van der Waals surface area contributed by atoms with E-state index in [0.29, 0.717) is 16.3 Å². The lowest BCUT2D eigenvalue weighted by atomic mass is 10.1. The quantitative estimate of drug-likeness (QED) is 0.586. The van der Waals surface area contributed by atoms with Gasteiger partial charge < -0.3 is 10.6 Å². The van der Waals surface area contributed by atoms with E-state index in [1.807, 2.05) is 0 Å². The lowest BCUT2D eigenvalue weighted by molar-refractivity contribution is -0.120. The van der Waals surface area contributed by atoms with Crippen molar-refractivity contribution >= 4 is 63.9 Å². The van der Waals surface area contributed by atoms with Gasteiger partial charge in [-0.1, -0.05) is 47.6 Å². The van der Waals surface area contributed by atoms with Crippen molar-refractivity contribution in [1.82, 2.24) is 5.32 Å². The number of nitrogens with zero attached hydrogens (tertiary/aromatic N) is 1. The molecule has 1 aliphatic carbocycles. The molecule has 0 bridgehead atoms. The number of hydrogen-bond acceptors (Lipinski definition) is 4. The fourth-order valence-electron chi connectivity index (χ4n) is 3.66. The van der Waals surface area contributed by atoms with E-state index in [1.165, 1.54) is 18.2 Å². The van der Waals surface area contributed by atoms with Crippen molar-refractivity contribution in [3.8, 4) is 0 Å². The van der Waals surface area contributed by atoms with Gasteiger partial charge in [-0.25, -0.2) is 4.90 Å². The molecule has 0 spiro atoms. The van der Waals surface area contributed by atoms with Gasteiger partial charge in [0.2, 0.25) is 0 Å². The Morgan fingerprint density at radius 2 is 1.58 bits per heavy atom. The zero-order valence-electron chi connectivity index (χ0n) is 16.3. The van der Waals surface area contributed by atoms with Crippen molar-refractivity contribution in [2.24, 2.45) is 0 Å². The normalized spacial score (nSPS) is 16.9. The Morgan fingerprint density at radius 1 is 0.903 bits per heavy atom. The van der Waals surface area contributed by atoms with Crippen LogP contribution in [0.1, 0.15) is 36.0 Å². The predicted octanol–water partition coefficient (Wildman–Crippen LogP) is 5.10. The van der Waals surface area contributed by atoms with Crippen LogP contribution in [0.2, 0.25) is 10.0 Å². The van der Waals surface area contributed by atoms with Gasteiger partial charge in [0.05, 0.1) is 15.7 Å². The van der Waals surface area contributed by atoms with E-state index >= 15 is 0 Å². The van der Waals surface area contributed by atoms with Crippen LogP contribution in [0.3, 0.4) is 0 Å². The van der Waals surface area contributed by atoms with E-state index < -0.39 is 11.8 Å². The highest BCUT2D eigenvalue weighted by atomic mass is 35.5. The highest BCUT2D eigenvalue weighted by Crippen LogP contribution is 2.33. The Morgan fingerprint density at radius 3 is 2.23 bits per heavy atom. The van der Waals surface area contributed by atoms with Gasteiger partial charge in [0.25, 0.3) is 17.7 Å². The molecular weight excluding hydrogens is 461 g/mol. The molecule has 2 aromatic rings. The number of halogens is 3. The first-order valence-electron chi connectivity index (χ1n) is 9.76. The molecule has 1 heterocycles. The molecule has 0 unspecified atom stereocenters. The van der Waals surface area contributed by atoms with Gasteiger partial charge in [0, 0.05) is 17.3 Å². The number of nitrogens with one attached hydrogen (secondary N) is 2. The smallest absolute Gasteiger partial charge is 0.283 e. The molecule has 0 saturated heterocycles. The lowest BCUT2D eigenvalue weighted by Gasteiger charge is -2.16. The monoisotopic (exact) mass is 477 g/mol. The second-order valence-electron chi connectivity index (χ2n) is 7.39. The Balaban J connectivity index is 1.48. The van der Waals surface area contributed by atoms with Gasteiger partial charge in [-0.2, -0.15) is 0 Å². The summed E-state index contributed by atoms with van der Waals surface area (Å²) in [5.41, 5.74) is 1.24. The minimum Gasteiger partial charge on any atom is -0.350 e. The van der Waals surface area contributed by atoms with Crippen LogP contribution in [0, 0.1) is 0 Å². The number of hydrogen-bond donors (Lipinski definition) is 2. The van der Waals surface area contributed by atoms with E-state index in [-0.39, 0.29) is 33.4 Å². The van der Waals surface area contributed by atoms with Gasteiger partial charge in [-0.15, -0.1) is 0 Å². The molecule has 0 radical (unpaired) electrons. The average molecular weight is 479 g/mol. The first-order valence-corrected chi connectivity index (χ1v) is 10.9. The molecular formula is C22H18Cl3N3O3. The summed E-state index contributed by atoms with van der Waals surface area (Å²) in [6, 6.07) is 11.3. The summed E-state index contributed by atoms with van der Waals surface area (Å²) < 4.78 is 0. The SMILES string of the molecule is O=C(NC1CCCC1)c1ccc(NC2=C(Cl)C(=O)N(c3ccc(Cl)c(Cl)c3)C2=O)cc1. The molecule has 0 aromatic heterocycles. The van der Waals surface area contributed by atoms with Gasteiger partial charge in [-0.3, -0.25) is 14.4 Å². The minimum atomic E-state index is -0.667. The van der Waals surface area contributed by atoms with Crippen LogP contribution in [0.4, 0.5) is 11.4 Å². The maximum atomic E-state index is 12.9. The summed E-state index contributed by atoms with van der Waals surface area (Å²) in [5, 5.41) is 6.18. The number of imide groups is 1. The largest absolute Gasteiger partial charge is 0.350 e. The predicted molar refractivity (Wildman–Crippen MR) is 122 cm³/mol. The Bertz CT molecular complexity index is 1090. The molecule has 160 valence electrons. The molecule has 2 aromatic carbocycles. The van der Waals surface area contributed by atoms with Crippen LogP contribution in [0.5, 0.6) is 0 Å². The van der Waals surface area contributed by atoms with Crippen LogP contribution < -0.4 is 15.5 Å². The maximum Gasteiger partial charge on any atom is 0.283 e. The van der Waals surface area contributed by atoms with Gasteiger partial charge in [0.1, 0.15) is 10.7 Å². The Hall–Kier alpha value is -2.54. The Kier molecular flexibility index (Phi) is 6.23. The van der Waals surface area contributed by atoms with Crippen LogP contribution in [-0.4, -0.2) is 23.8 Å². The molecule has 6 nitrogen and oxygen atoms in total. The maximum absolute atomic E-state index is 12.9. The second-order valence-corrected chi connectivity index (χ2v) is 8.58. The zero-order valence-corrected chi connectivity index (χ0v) is 18.5. The van der Waals surface area contributed by atoms with Crippen molar-refractivity contribution in [3.63, 3.8) is 0 Å². The van der Waals surface area contributed by atoms with Crippen LogP contribution in [0.25, 0.3) is 0 Å². The lowest BCUT2D eigenvalue weighted by Crippen LogP contribution is -2.32. The van der Waals surface area contributed by atoms with Crippen LogP contribution >= 0.6 is 34.8 Å². The molecule has 31 heavy (non-hydrogen) atoms. The van der Waals surface area contributed by atoms with Crippen LogP contribution in [0.15, 0.2) is 53.2 Å². The third-order valence-corrected chi connectivity index (χ3v) is 6.39. The fourth-order valence-corrected chi connectivity index (χ4v) is 4.16. The Labute approximate surface area is 194 Å². The first kappa shape index (κ1) is 21.7. The summed E-state index contributed by atoms with van der Waals surface area (Å²) in [5.74, 6) is -1.41. The second kappa shape index (κ2) is 8.91. The van der Waals surface area contributed by atoms with Crippen LogP contribution in [-0.2, 0) is 9.59 Å². The third-order valence-electron chi connectivity index (χ3n) is 5.30. The highest BCUT2D eigenvalue weighted by Gasteiger charge is 2.39. The van der Waals surface area contributed by atoms with E-state index in [9.17, 15) is 14.4 Å². The molecule has 1 aliphatic heterocycles. The van der Waals surface area contributed by atoms with Crippen molar-refractivity contribution in [3.05, 3.63) is 68.8 Å². The van der Waals surface area contributed by atoms with Gasteiger partial charge in [0.15, 0.2) is 0 Å². The summed E-state index contributed by atoms with van der Waals surface area (Å²) >= 11 is 18.1. The van der Waals surface area contributed by atoms with E-state index in [0.717, 1.165) is 30.6 Å². The number of amides is 3. The standard InChI is InChI=1S/C22H18Cl3N3O3/c23-16-10-9-15(11-17(16)24)28-21(30)18(25)19(22(28)31)26-14-7-5-12(6-8-14)20(29)27-13-3-1-2-4-13/h5-11,13,26H,1-4H2,(H,27,29). The number of benzene rings is 2. The number of carbonyl (C=O) groups excluding carboxylic acids is 3. The van der Waals surface area contributed by atoms with Crippen molar-refractivity contribution in [2.75, 3.05) is 10.2 Å². The summed E-state index contributed by atoms with van der Waals surface area (Å²) in [7, 11) is 0. The third kappa shape index (κ3) is 4.42. The van der Waals surface area contributed by atoms with Gasteiger partial charge >= 0.3 is 0 Å². The van der Waals surface area contributed by atoms with Crippen molar-refractivity contribution < 1.29 is 14.4 Å². The molecule has 2 aliphatic rings. The van der Waals surface area contributed by atoms with Crippen molar-refractivity contribution in [1.29, 1.82) is 0 Å². The molecule has 9 heteroatoms. The zero-order chi connectivity index (χ0) is 22.1. The number of anilines is 2. The molecule has 1 saturated carbocycles. The molecule has 0 atom stereocenters. The number of rotatable bonds is 5. The van der Waals surface area contributed by atoms with E-state index in [2.05, 4.69) is 10.6 Å².